The second kappa shape index (κ2) is 4.66. The van der Waals surface area contributed by atoms with E-state index in [0.29, 0.717) is 6.54 Å². The van der Waals surface area contributed by atoms with E-state index in [1.807, 2.05) is 43.3 Å². The first kappa shape index (κ1) is 10.5. The van der Waals surface area contributed by atoms with Crippen LogP contribution < -0.4 is 11.1 Å². The van der Waals surface area contributed by atoms with Gasteiger partial charge in [-0.25, -0.2) is 0 Å². The van der Waals surface area contributed by atoms with Gasteiger partial charge >= 0.3 is 0 Å². The number of nitrogen functional groups attached to an aromatic ring is 1. The van der Waals surface area contributed by atoms with Gasteiger partial charge in [-0.05, 0) is 36.8 Å². The highest BCUT2D eigenvalue weighted by Gasteiger charge is 2.00. The summed E-state index contributed by atoms with van der Waals surface area (Å²) in [6.45, 7) is 2.72. The first-order valence-corrected chi connectivity index (χ1v) is 5.26. The molecule has 0 aliphatic rings. The Hall–Kier alpha value is -2.03. The first-order chi connectivity index (χ1) is 7.77. The van der Waals surface area contributed by atoms with E-state index in [1.165, 1.54) is 0 Å². The van der Waals surface area contributed by atoms with Gasteiger partial charge in [0, 0.05) is 17.6 Å². The molecule has 16 heavy (non-hydrogen) atoms. The molecule has 2 aromatic rings. The van der Waals surface area contributed by atoms with Crippen molar-refractivity contribution in [1.82, 2.24) is 4.98 Å². The van der Waals surface area contributed by atoms with E-state index >= 15 is 0 Å². The molecular formula is C13H15N3. The standard InChI is InChI=1S/C13H15N3/c1-10-12(14)6-4-7-13(10)16-9-11-5-2-3-8-15-11/h2-8,16H,9,14H2,1H3. The molecule has 0 atom stereocenters. The van der Waals surface area contributed by atoms with Gasteiger partial charge in [0.15, 0.2) is 0 Å². The molecule has 0 bridgehead atoms. The Kier molecular flexibility index (Phi) is 3.05. The number of pyridine rings is 1. The zero-order chi connectivity index (χ0) is 11.4. The molecule has 1 heterocycles. The van der Waals surface area contributed by atoms with Gasteiger partial charge in [-0.3, -0.25) is 4.98 Å². The summed E-state index contributed by atoms with van der Waals surface area (Å²) in [5, 5.41) is 3.33. The zero-order valence-electron chi connectivity index (χ0n) is 9.27. The van der Waals surface area contributed by atoms with E-state index in [2.05, 4.69) is 10.3 Å². The number of nitrogens with two attached hydrogens (primary N) is 1. The highest BCUT2D eigenvalue weighted by atomic mass is 14.9. The van der Waals surface area contributed by atoms with Crippen molar-refractivity contribution in [3.8, 4) is 0 Å². The fraction of sp³-hybridized carbons (Fsp3) is 0.154. The molecule has 1 aromatic carbocycles. The number of nitrogens with zero attached hydrogens (tertiary/aromatic N) is 1. The topological polar surface area (TPSA) is 50.9 Å². The van der Waals surface area contributed by atoms with E-state index < -0.39 is 0 Å². The van der Waals surface area contributed by atoms with Crippen molar-refractivity contribution in [3.63, 3.8) is 0 Å². The van der Waals surface area contributed by atoms with Gasteiger partial charge in [0.2, 0.25) is 0 Å². The summed E-state index contributed by atoms with van der Waals surface area (Å²) in [6.07, 6.45) is 1.79. The molecule has 0 aliphatic heterocycles. The molecule has 0 aliphatic carbocycles. The number of hydrogen-bond donors (Lipinski definition) is 2. The van der Waals surface area contributed by atoms with Crippen molar-refractivity contribution in [1.29, 1.82) is 0 Å². The molecule has 0 fully saturated rings. The van der Waals surface area contributed by atoms with Crippen molar-refractivity contribution in [2.75, 3.05) is 11.1 Å². The molecule has 1 aromatic heterocycles. The van der Waals surface area contributed by atoms with Gasteiger partial charge in [-0.1, -0.05) is 12.1 Å². The van der Waals surface area contributed by atoms with Gasteiger partial charge in [-0.2, -0.15) is 0 Å². The van der Waals surface area contributed by atoms with Crippen LogP contribution in [0.3, 0.4) is 0 Å². The summed E-state index contributed by atoms with van der Waals surface area (Å²) in [5.74, 6) is 0. The number of nitrogens with one attached hydrogen (secondary N) is 1. The maximum Gasteiger partial charge on any atom is 0.0594 e. The monoisotopic (exact) mass is 213 g/mol. The maximum atomic E-state index is 5.83. The number of benzene rings is 1. The average molecular weight is 213 g/mol. The summed E-state index contributed by atoms with van der Waals surface area (Å²) < 4.78 is 0. The quantitative estimate of drug-likeness (QED) is 0.770. The minimum Gasteiger partial charge on any atom is -0.398 e. The lowest BCUT2D eigenvalue weighted by Gasteiger charge is -2.10. The van der Waals surface area contributed by atoms with Crippen molar-refractivity contribution < 1.29 is 0 Å². The molecule has 0 amide bonds. The Bertz CT molecular complexity index is 466. The van der Waals surface area contributed by atoms with Gasteiger partial charge in [0.1, 0.15) is 0 Å². The van der Waals surface area contributed by atoms with Gasteiger partial charge < -0.3 is 11.1 Å². The van der Waals surface area contributed by atoms with E-state index in [1.54, 1.807) is 6.20 Å². The Balaban J connectivity index is 2.08. The molecule has 0 spiro atoms. The van der Waals surface area contributed by atoms with Crippen LogP contribution >= 0.6 is 0 Å². The minimum atomic E-state index is 0.713. The van der Waals surface area contributed by atoms with E-state index in [-0.39, 0.29) is 0 Å². The summed E-state index contributed by atoms with van der Waals surface area (Å²) in [6, 6.07) is 11.8. The normalized spacial score (nSPS) is 10.1. The zero-order valence-corrected chi connectivity index (χ0v) is 9.27. The third-order valence-electron chi connectivity index (χ3n) is 2.56. The highest BCUT2D eigenvalue weighted by Crippen LogP contribution is 2.20. The van der Waals surface area contributed by atoms with Crippen molar-refractivity contribution in [3.05, 3.63) is 53.9 Å². The number of aromatic nitrogens is 1. The molecule has 82 valence electrons. The van der Waals surface area contributed by atoms with Crippen LogP contribution in [0.5, 0.6) is 0 Å². The molecule has 2 rings (SSSR count). The Morgan fingerprint density at radius 3 is 2.81 bits per heavy atom. The lowest BCUT2D eigenvalue weighted by molar-refractivity contribution is 1.04. The van der Waals surface area contributed by atoms with E-state index in [9.17, 15) is 0 Å². The highest BCUT2D eigenvalue weighted by molar-refractivity contribution is 5.62. The summed E-state index contributed by atoms with van der Waals surface area (Å²) >= 11 is 0. The fourth-order valence-electron chi connectivity index (χ4n) is 1.53. The van der Waals surface area contributed by atoms with E-state index in [4.69, 9.17) is 5.73 Å². The van der Waals surface area contributed by atoms with Gasteiger partial charge in [0.05, 0.1) is 12.2 Å². The lowest BCUT2D eigenvalue weighted by Crippen LogP contribution is -2.03. The minimum absolute atomic E-state index is 0.713. The Morgan fingerprint density at radius 2 is 2.06 bits per heavy atom. The number of anilines is 2. The van der Waals surface area contributed by atoms with Crippen LogP contribution in [0.1, 0.15) is 11.3 Å². The van der Waals surface area contributed by atoms with Crippen LogP contribution in [0, 0.1) is 6.92 Å². The second-order valence-corrected chi connectivity index (χ2v) is 3.69. The average Bonchev–Trinajstić information content (AvgIpc) is 2.32. The molecular weight excluding hydrogens is 198 g/mol. The number of rotatable bonds is 3. The van der Waals surface area contributed by atoms with Crippen LogP contribution in [-0.2, 0) is 6.54 Å². The van der Waals surface area contributed by atoms with Crippen molar-refractivity contribution in [2.45, 2.75) is 13.5 Å². The van der Waals surface area contributed by atoms with Crippen LogP contribution in [0.25, 0.3) is 0 Å². The van der Waals surface area contributed by atoms with Crippen LogP contribution in [0.15, 0.2) is 42.6 Å². The number of hydrogen-bond acceptors (Lipinski definition) is 3. The predicted octanol–water partition coefficient (Wildman–Crippen LogP) is 2.58. The second-order valence-electron chi connectivity index (χ2n) is 3.69. The van der Waals surface area contributed by atoms with E-state index in [0.717, 1.165) is 22.6 Å². The lowest BCUT2D eigenvalue weighted by atomic mass is 10.1. The SMILES string of the molecule is Cc1c(N)cccc1NCc1ccccn1. The molecule has 3 heteroatoms. The molecule has 3 nitrogen and oxygen atoms in total. The smallest absolute Gasteiger partial charge is 0.0594 e. The molecule has 0 saturated carbocycles. The molecule has 0 radical (unpaired) electrons. The van der Waals surface area contributed by atoms with Crippen LogP contribution in [-0.4, -0.2) is 4.98 Å². The Labute approximate surface area is 95.3 Å². The predicted molar refractivity (Wildman–Crippen MR) is 67.2 cm³/mol. The molecule has 3 N–H and O–H groups in total. The third kappa shape index (κ3) is 2.31. The third-order valence-corrected chi connectivity index (χ3v) is 2.56. The first-order valence-electron chi connectivity index (χ1n) is 5.26. The molecule has 0 saturated heterocycles. The van der Waals surface area contributed by atoms with Crippen LogP contribution in [0.4, 0.5) is 11.4 Å². The van der Waals surface area contributed by atoms with Gasteiger partial charge in [0.25, 0.3) is 0 Å². The maximum absolute atomic E-state index is 5.83. The van der Waals surface area contributed by atoms with Gasteiger partial charge in [-0.15, -0.1) is 0 Å². The summed E-state index contributed by atoms with van der Waals surface area (Å²) in [5.41, 5.74) is 9.81. The van der Waals surface area contributed by atoms with Crippen molar-refractivity contribution >= 4 is 11.4 Å². The molecule has 0 unspecified atom stereocenters. The Morgan fingerprint density at radius 1 is 1.19 bits per heavy atom. The summed E-state index contributed by atoms with van der Waals surface area (Å²) in [4.78, 5) is 4.25. The largest absolute Gasteiger partial charge is 0.398 e. The van der Waals surface area contributed by atoms with Crippen LogP contribution in [0.2, 0.25) is 0 Å². The van der Waals surface area contributed by atoms with Crippen molar-refractivity contribution in [2.24, 2.45) is 0 Å². The fourth-order valence-corrected chi connectivity index (χ4v) is 1.53. The summed E-state index contributed by atoms with van der Waals surface area (Å²) in [7, 11) is 0.